The molecule has 0 bridgehead atoms. The summed E-state index contributed by atoms with van der Waals surface area (Å²) in [5, 5.41) is 12.0. The van der Waals surface area contributed by atoms with Gasteiger partial charge in [0.15, 0.2) is 0 Å². The van der Waals surface area contributed by atoms with Crippen LogP contribution in [0.1, 0.15) is 17.0 Å². The molecule has 31 heavy (non-hydrogen) atoms. The number of fused-ring (bicyclic) bond motifs is 1. The van der Waals surface area contributed by atoms with Crippen LogP contribution in [-0.4, -0.2) is 53.1 Å². The summed E-state index contributed by atoms with van der Waals surface area (Å²) in [5.41, 5.74) is 3.13. The third-order valence-corrected chi connectivity index (χ3v) is 5.26. The summed E-state index contributed by atoms with van der Waals surface area (Å²) in [6.07, 6.45) is 5.22. The first-order valence-electron chi connectivity index (χ1n) is 9.65. The number of aromatic nitrogens is 7. The largest absolute Gasteiger partial charge is 0.492 e. The Morgan fingerprint density at radius 1 is 1.26 bits per heavy atom. The molecule has 4 aromatic rings. The van der Waals surface area contributed by atoms with Gasteiger partial charge in [-0.25, -0.2) is 19.2 Å². The Balaban J connectivity index is 1.41. The molecule has 160 valence electrons. The summed E-state index contributed by atoms with van der Waals surface area (Å²) in [4.78, 5) is 25.5. The fraction of sp³-hybridized carbons (Fsp3) is 0.300. The minimum absolute atomic E-state index is 0.141. The second kappa shape index (κ2) is 9.13. The molecule has 0 spiro atoms. The molecule has 0 aliphatic carbocycles. The molecule has 1 N–H and O–H groups in total. The van der Waals surface area contributed by atoms with Gasteiger partial charge in [-0.05, 0) is 32.2 Å². The second-order valence-electron chi connectivity index (χ2n) is 6.83. The Labute approximate surface area is 183 Å². The van der Waals surface area contributed by atoms with Crippen LogP contribution < -0.4 is 10.1 Å². The number of rotatable bonds is 8. The first-order valence-corrected chi connectivity index (χ1v) is 10.9. The first kappa shape index (κ1) is 20.8. The number of nitrogens with zero attached hydrogens (tertiary/aromatic N) is 7. The van der Waals surface area contributed by atoms with Crippen LogP contribution in [0.5, 0.6) is 5.75 Å². The monoisotopic (exact) mass is 438 g/mol. The summed E-state index contributed by atoms with van der Waals surface area (Å²) < 4.78 is 9.13. The molecule has 0 aliphatic heterocycles. The van der Waals surface area contributed by atoms with Gasteiger partial charge in [0.1, 0.15) is 25.0 Å². The van der Waals surface area contributed by atoms with Crippen LogP contribution >= 0.6 is 11.8 Å². The normalized spacial score (nSPS) is 11.1. The Hall–Kier alpha value is -3.47. The van der Waals surface area contributed by atoms with E-state index in [0.717, 1.165) is 17.0 Å². The molecule has 4 rings (SSSR count). The quantitative estimate of drug-likeness (QED) is 0.417. The number of nitrogens with one attached hydrogen (secondary N) is 1. The van der Waals surface area contributed by atoms with E-state index >= 15 is 0 Å². The van der Waals surface area contributed by atoms with Gasteiger partial charge in [-0.3, -0.25) is 4.79 Å². The summed E-state index contributed by atoms with van der Waals surface area (Å²) in [6, 6.07) is 7.30. The molecule has 0 saturated heterocycles. The van der Waals surface area contributed by atoms with Crippen LogP contribution in [0.15, 0.2) is 42.1 Å². The SMILES string of the molecule is CSc1nc2nc(C)c(CC(=O)Nc3cccc(OCCn4cncn4)c3)c(C)n2n1. The average molecular weight is 439 g/mol. The number of carbonyl (C=O) groups is 1. The van der Waals surface area contributed by atoms with Gasteiger partial charge < -0.3 is 10.1 Å². The lowest BCUT2D eigenvalue weighted by Crippen LogP contribution is -2.18. The molecule has 1 amide bonds. The van der Waals surface area contributed by atoms with Crippen molar-refractivity contribution in [2.45, 2.75) is 32.0 Å². The maximum Gasteiger partial charge on any atom is 0.253 e. The molecular weight excluding hydrogens is 416 g/mol. The number of benzene rings is 1. The lowest BCUT2D eigenvalue weighted by molar-refractivity contribution is -0.115. The second-order valence-corrected chi connectivity index (χ2v) is 7.60. The van der Waals surface area contributed by atoms with E-state index in [9.17, 15) is 4.79 Å². The van der Waals surface area contributed by atoms with E-state index < -0.39 is 0 Å². The van der Waals surface area contributed by atoms with Gasteiger partial charge in [0.05, 0.1) is 13.0 Å². The number of hydrogen-bond donors (Lipinski definition) is 1. The van der Waals surface area contributed by atoms with E-state index in [1.165, 1.54) is 18.1 Å². The van der Waals surface area contributed by atoms with Crippen molar-refractivity contribution in [1.82, 2.24) is 34.3 Å². The van der Waals surface area contributed by atoms with Gasteiger partial charge in [-0.15, -0.1) is 5.10 Å². The van der Waals surface area contributed by atoms with Crippen LogP contribution in [0.3, 0.4) is 0 Å². The minimum atomic E-state index is -0.141. The van der Waals surface area contributed by atoms with E-state index in [-0.39, 0.29) is 12.3 Å². The third-order valence-electron chi connectivity index (χ3n) is 4.72. The molecule has 0 aliphatic rings. The fourth-order valence-corrected chi connectivity index (χ4v) is 3.50. The van der Waals surface area contributed by atoms with Crippen molar-refractivity contribution in [3.63, 3.8) is 0 Å². The highest BCUT2D eigenvalue weighted by Gasteiger charge is 2.16. The molecule has 0 saturated carbocycles. The highest BCUT2D eigenvalue weighted by atomic mass is 32.2. The van der Waals surface area contributed by atoms with Gasteiger partial charge in [-0.1, -0.05) is 17.8 Å². The zero-order valence-electron chi connectivity index (χ0n) is 17.4. The zero-order chi connectivity index (χ0) is 21.8. The molecule has 0 atom stereocenters. The predicted molar refractivity (Wildman–Crippen MR) is 116 cm³/mol. The number of amides is 1. The molecule has 11 heteroatoms. The number of ether oxygens (including phenoxy) is 1. The Morgan fingerprint density at radius 3 is 2.90 bits per heavy atom. The summed E-state index contributed by atoms with van der Waals surface area (Å²) in [6.45, 7) is 4.84. The lowest BCUT2D eigenvalue weighted by Gasteiger charge is -2.12. The highest BCUT2D eigenvalue weighted by molar-refractivity contribution is 7.98. The van der Waals surface area contributed by atoms with Gasteiger partial charge in [-0.2, -0.15) is 10.1 Å². The molecule has 10 nitrogen and oxygen atoms in total. The van der Waals surface area contributed by atoms with Crippen LogP contribution in [0.25, 0.3) is 5.78 Å². The standard InChI is InChI=1S/C20H22N8O2S/c1-13-17(14(2)28-19(23-13)25-20(26-28)31-3)10-18(29)24-15-5-4-6-16(9-15)30-8-7-27-12-21-11-22-27/h4-6,9,11-12H,7-8,10H2,1-3H3,(H,24,29). The van der Waals surface area contributed by atoms with Crippen LogP contribution in [0.2, 0.25) is 0 Å². The molecular formula is C20H22N8O2S. The van der Waals surface area contributed by atoms with Gasteiger partial charge in [0.2, 0.25) is 11.1 Å². The van der Waals surface area contributed by atoms with Gasteiger partial charge >= 0.3 is 0 Å². The summed E-state index contributed by atoms with van der Waals surface area (Å²) in [7, 11) is 0. The predicted octanol–water partition coefficient (Wildman–Crippen LogP) is 2.31. The van der Waals surface area contributed by atoms with Crippen molar-refractivity contribution in [1.29, 1.82) is 0 Å². The van der Waals surface area contributed by atoms with Crippen molar-refractivity contribution < 1.29 is 9.53 Å². The van der Waals surface area contributed by atoms with E-state index in [1.54, 1.807) is 21.6 Å². The molecule has 0 radical (unpaired) electrons. The maximum absolute atomic E-state index is 12.7. The molecule has 1 aromatic carbocycles. The topological polar surface area (TPSA) is 112 Å². The number of carbonyl (C=O) groups excluding carboxylic acids is 1. The molecule has 3 aromatic heterocycles. The highest BCUT2D eigenvalue weighted by Crippen LogP contribution is 2.20. The van der Waals surface area contributed by atoms with Crippen molar-refractivity contribution in [2.75, 3.05) is 18.2 Å². The van der Waals surface area contributed by atoms with E-state index in [4.69, 9.17) is 4.74 Å². The van der Waals surface area contributed by atoms with Crippen LogP contribution in [-0.2, 0) is 17.8 Å². The van der Waals surface area contributed by atoms with Crippen molar-refractivity contribution >= 4 is 29.1 Å². The maximum atomic E-state index is 12.7. The van der Waals surface area contributed by atoms with Crippen LogP contribution in [0, 0.1) is 13.8 Å². The Morgan fingerprint density at radius 2 is 2.13 bits per heavy atom. The zero-order valence-corrected chi connectivity index (χ0v) is 18.3. The van der Waals surface area contributed by atoms with Gasteiger partial charge in [0.25, 0.3) is 5.78 Å². The van der Waals surface area contributed by atoms with Gasteiger partial charge in [0, 0.05) is 28.7 Å². The smallest absolute Gasteiger partial charge is 0.253 e. The van der Waals surface area contributed by atoms with Crippen molar-refractivity contribution in [3.8, 4) is 5.75 Å². The molecule has 0 unspecified atom stereocenters. The molecule has 3 heterocycles. The number of thioether (sulfide) groups is 1. The van der Waals surface area contributed by atoms with Crippen molar-refractivity contribution in [2.24, 2.45) is 0 Å². The first-order chi connectivity index (χ1) is 15.0. The third kappa shape index (κ3) is 4.82. The lowest BCUT2D eigenvalue weighted by atomic mass is 10.1. The summed E-state index contributed by atoms with van der Waals surface area (Å²) >= 11 is 1.45. The number of aryl methyl sites for hydroxylation is 2. The van der Waals surface area contributed by atoms with Crippen molar-refractivity contribution in [3.05, 3.63) is 53.9 Å². The summed E-state index contributed by atoms with van der Waals surface area (Å²) in [5.74, 6) is 1.07. The molecule has 0 fully saturated rings. The van der Waals surface area contributed by atoms with E-state index in [2.05, 4.69) is 30.5 Å². The van der Waals surface area contributed by atoms with Crippen LogP contribution in [0.4, 0.5) is 5.69 Å². The van der Waals surface area contributed by atoms with E-state index in [1.807, 2.05) is 38.3 Å². The van der Waals surface area contributed by atoms with E-state index in [0.29, 0.717) is 35.5 Å². The Kier molecular flexibility index (Phi) is 6.12. The fourth-order valence-electron chi connectivity index (χ4n) is 3.17. The average Bonchev–Trinajstić information content (AvgIpc) is 3.41. The number of anilines is 1. The number of hydrogen-bond acceptors (Lipinski definition) is 8. The Bertz CT molecular complexity index is 1210. The minimum Gasteiger partial charge on any atom is -0.492 e.